The summed E-state index contributed by atoms with van der Waals surface area (Å²) in [6.45, 7) is 4.03. The van der Waals surface area contributed by atoms with Crippen molar-refractivity contribution in [2.75, 3.05) is 0 Å². The van der Waals surface area contributed by atoms with Crippen LogP contribution in [0.2, 0.25) is 0 Å². The molecule has 0 radical (unpaired) electrons. The molecule has 3 N–H and O–H groups in total. The second-order valence-corrected chi connectivity index (χ2v) is 4.68. The van der Waals surface area contributed by atoms with Crippen LogP contribution >= 0.6 is 0 Å². The minimum Gasteiger partial charge on any atom is -0.405 e. The summed E-state index contributed by atoms with van der Waals surface area (Å²) in [6.07, 6.45) is 6.68. The highest BCUT2D eigenvalue weighted by Crippen LogP contribution is 2.19. The van der Waals surface area contributed by atoms with Gasteiger partial charge in [0.25, 0.3) is 0 Å². The van der Waals surface area contributed by atoms with Crippen molar-refractivity contribution >= 4 is 7.12 Å². The van der Waals surface area contributed by atoms with Gasteiger partial charge in [0.15, 0.2) is 0 Å². The number of rotatable bonds is 5. The van der Waals surface area contributed by atoms with Crippen LogP contribution in [-0.4, -0.2) is 35.2 Å². The van der Waals surface area contributed by atoms with E-state index in [0.717, 1.165) is 25.0 Å². The fraction of sp³-hybridized carbons (Fsp3) is 0.727. The average Bonchev–Trinajstić information content (AvgIpc) is 2.90. The lowest BCUT2D eigenvalue weighted by Crippen LogP contribution is -2.40. The van der Waals surface area contributed by atoms with E-state index in [9.17, 15) is 0 Å². The Balaban J connectivity index is 1.69. The van der Waals surface area contributed by atoms with Crippen molar-refractivity contribution in [3.8, 4) is 0 Å². The lowest BCUT2D eigenvalue weighted by molar-refractivity contribution is 0.187. The summed E-state index contributed by atoms with van der Waals surface area (Å²) in [7, 11) is -0.248. The molecule has 17 heavy (non-hydrogen) atoms. The summed E-state index contributed by atoms with van der Waals surface area (Å²) in [5.41, 5.74) is 7.21. The van der Waals surface area contributed by atoms with Gasteiger partial charge < -0.3 is 20.0 Å². The van der Waals surface area contributed by atoms with Crippen LogP contribution in [-0.2, 0) is 15.7 Å². The molecule has 3 atom stereocenters. The second-order valence-electron chi connectivity index (χ2n) is 4.68. The first-order valence-electron chi connectivity index (χ1n) is 6.20. The Kier molecular flexibility index (Phi) is 4.20. The van der Waals surface area contributed by atoms with Crippen molar-refractivity contribution in [3.63, 3.8) is 0 Å². The molecule has 0 spiro atoms. The molecule has 1 aliphatic rings. The Morgan fingerprint density at radius 2 is 2.18 bits per heavy atom. The van der Waals surface area contributed by atoms with E-state index in [1.165, 1.54) is 0 Å². The smallest absolute Gasteiger partial charge is 0.405 e. The van der Waals surface area contributed by atoms with E-state index in [0.29, 0.717) is 0 Å². The average molecular weight is 237 g/mol. The fourth-order valence-electron chi connectivity index (χ4n) is 1.96. The number of nitrogens with zero attached hydrogens (tertiary/aromatic N) is 1. The number of nitrogens with two attached hydrogens (primary N) is 1. The third kappa shape index (κ3) is 3.31. The van der Waals surface area contributed by atoms with Crippen LogP contribution in [0.3, 0.4) is 0 Å². The minimum absolute atomic E-state index is 0.0506. The Hall–Kier alpha value is -0.845. The Labute approximate surface area is 102 Å². The van der Waals surface area contributed by atoms with Crippen molar-refractivity contribution in [1.29, 1.82) is 0 Å². The SMILES string of the molecule is CC1OB(C(N)CCCc2cnc[nH]2)OC1C. The molecular weight excluding hydrogens is 217 g/mol. The van der Waals surface area contributed by atoms with Gasteiger partial charge in [0.1, 0.15) is 0 Å². The van der Waals surface area contributed by atoms with E-state index >= 15 is 0 Å². The second kappa shape index (κ2) is 5.66. The predicted molar refractivity (Wildman–Crippen MR) is 66.3 cm³/mol. The van der Waals surface area contributed by atoms with Crippen LogP contribution in [0.5, 0.6) is 0 Å². The lowest BCUT2D eigenvalue weighted by atomic mass is 9.76. The zero-order chi connectivity index (χ0) is 12.3. The number of hydrogen-bond acceptors (Lipinski definition) is 4. The maximum atomic E-state index is 6.07. The topological polar surface area (TPSA) is 73.2 Å². The summed E-state index contributed by atoms with van der Waals surface area (Å²) in [5.74, 6) is -0.0506. The van der Waals surface area contributed by atoms with Gasteiger partial charge in [-0.15, -0.1) is 0 Å². The van der Waals surface area contributed by atoms with Crippen LogP contribution < -0.4 is 5.73 Å². The summed E-state index contributed by atoms with van der Waals surface area (Å²) < 4.78 is 11.3. The van der Waals surface area contributed by atoms with Gasteiger partial charge in [-0.1, -0.05) is 0 Å². The standard InChI is InChI=1S/C11H20BN3O2/c1-8-9(2)17-12(16-8)11(13)5-3-4-10-6-14-7-15-10/h6-9,11H,3-5,13H2,1-2H3,(H,14,15). The van der Waals surface area contributed by atoms with Crippen molar-refractivity contribution in [2.45, 2.75) is 51.3 Å². The lowest BCUT2D eigenvalue weighted by Gasteiger charge is -2.13. The highest BCUT2D eigenvalue weighted by molar-refractivity contribution is 6.47. The van der Waals surface area contributed by atoms with E-state index in [4.69, 9.17) is 15.0 Å². The van der Waals surface area contributed by atoms with Gasteiger partial charge in [0.05, 0.1) is 18.5 Å². The fourth-order valence-corrected chi connectivity index (χ4v) is 1.96. The number of aryl methyl sites for hydroxylation is 1. The van der Waals surface area contributed by atoms with Crippen LogP contribution in [0.25, 0.3) is 0 Å². The molecule has 1 aromatic heterocycles. The molecule has 6 heteroatoms. The van der Waals surface area contributed by atoms with E-state index in [1.54, 1.807) is 6.33 Å². The highest BCUT2D eigenvalue weighted by Gasteiger charge is 2.38. The van der Waals surface area contributed by atoms with Gasteiger partial charge in [-0.3, -0.25) is 0 Å². The molecule has 5 nitrogen and oxygen atoms in total. The Morgan fingerprint density at radius 1 is 1.47 bits per heavy atom. The zero-order valence-electron chi connectivity index (χ0n) is 10.4. The molecule has 0 aromatic carbocycles. The van der Waals surface area contributed by atoms with Gasteiger partial charge >= 0.3 is 7.12 Å². The van der Waals surface area contributed by atoms with Crippen LogP contribution in [0, 0.1) is 0 Å². The summed E-state index contributed by atoms with van der Waals surface area (Å²) in [5, 5.41) is 0. The van der Waals surface area contributed by atoms with E-state index in [-0.39, 0.29) is 25.3 Å². The van der Waals surface area contributed by atoms with Crippen molar-refractivity contribution in [3.05, 3.63) is 18.2 Å². The number of H-pyrrole nitrogens is 1. The molecule has 1 saturated heterocycles. The van der Waals surface area contributed by atoms with Crippen molar-refractivity contribution in [2.24, 2.45) is 5.73 Å². The number of imidazole rings is 1. The van der Waals surface area contributed by atoms with Gasteiger partial charge in [-0.25, -0.2) is 4.98 Å². The van der Waals surface area contributed by atoms with Gasteiger partial charge in [-0.2, -0.15) is 0 Å². The molecule has 0 bridgehead atoms. The highest BCUT2D eigenvalue weighted by atomic mass is 16.7. The number of nitrogens with one attached hydrogen (secondary N) is 1. The molecule has 94 valence electrons. The number of aromatic nitrogens is 2. The van der Waals surface area contributed by atoms with E-state index < -0.39 is 0 Å². The minimum atomic E-state index is -0.248. The zero-order valence-corrected chi connectivity index (χ0v) is 10.4. The summed E-state index contributed by atoms with van der Waals surface area (Å²) in [6, 6.07) is 0. The number of hydrogen-bond donors (Lipinski definition) is 2. The van der Waals surface area contributed by atoms with Gasteiger partial charge in [-0.05, 0) is 33.1 Å². The van der Waals surface area contributed by atoms with Crippen LogP contribution in [0.4, 0.5) is 0 Å². The third-order valence-electron chi connectivity index (χ3n) is 3.25. The first kappa shape index (κ1) is 12.6. The van der Waals surface area contributed by atoms with Crippen LogP contribution in [0.15, 0.2) is 12.5 Å². The molecule has 0 amide bonds. The molecule has 1 fully saturated rings. The summed E-state index contributed by atoms with van der Waals surface area (Å²) in [4.78, 5) is 7.06. The van der Waals surface area contributed by atoms with Crippen LogP contribution in [0.1, 0.15) is 32.4 Å². The normalized spacial score (nSPS) is 26.4. The van der Waals surface area contributed by atoms with Crippen molar-refractivity contribution in [1.82, 2.24) is 9.97 Å². The summed E-state index contributed by atoms with van der Waals surface area (Å²) >= 11 is 0. The third-order valence-corrected chi connectivity index (χ3v) is 3.25. The Bertz CT molecular complexity index is 323. The molecule has 2 heterocycles. The number of aromatic amines is 1. The molecular formula is C11H20BN3O2. The largest absolute Gasteiger partial charge is 0.475 e. The van der Waals surface area contributed by atoms with E-state index in [2.05, 4.69) is 9.97 Å². The molecule has 1 aliphatic heterocycles. The monoisotopic (exact) mass is 237 g/mol. The quantitative estimate of drug-likeness (QED) is 0.746. The maximum absolute atomic E-state index is 6.07. The Morgan fingerprint density at radius 3 is 2.76 bits per heavy atom. The molecule has 0 saturated carbocycles. The maximum Gasteiger partial charge on any atom is 0.475 e. The van der Waals surface area contributed by atoms with Gasteiger partial charge in [0.2, 0.25) is 0 Å². The molecule has 2 rings (SSSR count). The predicted octanol–water partition coefficient (Wildman–Crippen LogP) is 0.911. The first-order valence-corrected chi connectivity index (χ1v) is 6.20. The molecule has 0 aliphatic carbocycles. The van der Waals surface area contributed by atoms with E-state index in [1.807, 2.05) is 20.0 Å². The molecule has 1 aromatic rings. The molecule has 3 unspecified atom stereocenters. The van der Waals surface area contributed by atoms with Gasteiger partial charge in [0, 0.05) is 17.8 Å². The first-order chi connectivity index (χ1) is 8.16. The van der Waals surface area contributed by atoms with Crippen molar-refractivity contribution < 1.29 is 9.31 Å².